The minimum Gasteiger partial charge on any atom is -0.347 e. The third-order valence-electron chi connectivity index (χ3n) is 3.59. The van der Waals surface area contributed by atoms with Crippen molar-refractivity contribution in [3.63, 3.8) is 0 Å². The molecule has 0 spiro atoms. The van der Waals surface area contributed by atoms with Crippen molar-refractivity contribution in [1.29, 1.82) is 0 Å². The highest BCUT2D eigenvalue weighted by Crippen LogP contribution is 2.21. The predicted octanol–water partition coefficient (Wildman–Crippen LogP) is 1.26. The van der Waals surface area contributed by atoms with E-state index < -0.39 is 6.04 Å². The van der Waals surface area contributed by atoms with Crippen LogP contribution in [0.4, 0.5) is 0 Å². The van der Waals surface area contributed by atoms with Crippen molar-refractivity contribution >= 4 is 27.7 Å². The van der Waals surface area contributed by atoms with Crippen LogP contribution in [-0.2, 0) is 4.79 Å². The number of nitrogens with zero attached hydrogens (tertiary/aromatic N) is 2. The first-order valence-corrected chi connectivity index (χ1v) is 7.70. The maximum Gasteiger partial charge on any atom is 0.255 e. The highest BCUT2D eigenvalue weighted by atomic mass is 79.9. The van der Waals surface area contributed by atoms with Crippen LogP contribution in [0.3, 0.4) is 0 Å². The summed E-state index contributed by atoms with van der Waals surface area (Å²) in [6.07, 6.45) is 0. The molecule has 1 unspecified atom stereocenters. The second kappa shape index (κ2) is 6.58. The van der Waals surface area contributed by atoms with Gasteiger partial charge in [0.1, 0.15) is 6.04 Å². The first-order chi connectivity index (χ1) is 9.91. The molecular weight excluding hydrogens is 334 g/mol. The lowest BCUT2D eigenvalue weighted by Gasteiger charge is -2.36. The van der Waals surface area contributed by atoms with Gasteiger partial charge in [0.05, 0.1) is 5.56 Å². The number of rotatable bonds is 2. The molecule has 1 aliphatic heterocycles. The molecule has 6 heteroatoms. The smallest absolute Gasteiger partial charge is 0.255 e. The van der Waals surface area contributed by atoms with Gasteiger partial charge in [0.15, 0.2) is 0 Å². The number of amides is 2. The molecule has 1 aromatic rings. The third-order valence-corrected chi connectivity index (χ3v) is 4.24. The van der Waals surface area contributed by atoms with E-state index in [0.29, 0.717) is 25.2 Å². The van der Waals surface area contributed by atoms with E-state index in [2.05, 4.69) is 21.2 Å². The van der Waals surface area contributed by atoms with Gasteiger partial charge in [-0.15, -0.1) is 0 Å². The number of carbonyl (C=O) groups is 2. The molecule has 1 atom stereocenters. The van der Waals surface area contributed by atoms with Crippen molar-refractivity contribution in [2.24, 2.45) is 0 Å². The largest absolute Gasteiger partial charge is 0.347 e. The number of benzene rings is 1. The van der Waals surface area contributed by atoms with Gasteiger partial charge in [-0.25, -0.2) is 0 Å². The number of hydrogen-bond donors (Lipinski definition) is 1. The fourth-order valence-electron chi connectivity index (χ4n) is 2.41. The Kier molecular flexibility index (Phi) is 5.00. The van der Waals surface area contributed by atoms with Crippen LogP contribution in [0.1, 0.15) is 15.9 Å². The van der Waals surface area contributed by atoms with Crippen LogP contribution in [0.25, 0.3) is 0 Å². The summed E-state index contributed by atoms with van der Waals surface area (Å²) >= 11 is 3.44. The summed E-state index contributed by atoms with van der Waals surface area (Å²) in [5.41, 5.74) is 1.68. The molecule has 1 heterocycles. The molecular formula is C15H20BrN3O2. The first-order valence-electron chi connectivity index (χ1n) is 6.91. The average molecular weight is 354 g/mol. The summed E-state index contributed by atoms with van der Waals surface area (Å²) in [4.78, 5) is 28.2. The quantitative estimate of drug-likeness (QED) is 0.870. The highest BCUT2D eigenvalue weighted by molar-refractivity contribution is 9.10. The van der Waals surface area contributed by atoms with Gasteiger partial charge in [-0.2, -0.15) is 0 Å². The molecule has 1 N–H and O–H groups in total. The molecule has 2 rings (SSSR count). The van der Waals surface area contributed by atoms with Crippen LogP contribution < -0.4 is 5.32 Å². The number of hydrogen-bond acceptors (Lipinski definition) is 3. The summed E-state index contributed by atoms with van der Waals surface area (Å²) in [5.74, 6) is -0.164. The molecule has 21 heavy (non-hydrogen) atoms. The van der Waals surface area contributed by atoms with E-state index in [1.54, 1.807) is 25.1 Å². The summed E-state index contributed by atoms with van der Waals surface area (Å²) < 4.78 is 0.766. The lowest BCUT2D eigenvalue weighted by molar-refractivity contribution is -0.134. The molecule has 0 bridgehead atoms. The molecule has 2 amide bonds. The van der Waals surface area contributed by atoms with E-state index in [4.69, 9.17) is 0 Å². The third kappa shape index (κ3) is 3.44. The van der Waals surface area contributed by atoms with Crippen LogP contribution in [0.5, 0.6) is 0 Å². The zero-order valence-electron chi connectivity index (χ0n) is 12.5. The minimum atomic E-state index is -0.450. The predicted molar refractivity (Wildman–Crippen MR) is 85.3 cm³/mol. The number of piperazine rings is 1. The summed E-state index contributed by atoms with van der Waals surface area (Å²) in [5, 5.41) is 3.18. The Morgan fingerprint density at radius 3 is 2.71 bits per heavy atom. The molecule has 0 radical (unpaired) electrons. The second-order valence-electron chi connectivity index (χ2n) is 5.43. The Hall–Kier alpha value is -1.40. The number of carbonyl (C=O) groups excluding carboxylic acids is 2. The summed E-state index contributed by atoms with van der Waals surface area (Å²) in [6.45, 7) is 3.70. The van der Waals surface area contributed by atoms with Crippen LogP contribution in [0.15, 0.2) is 22.7 Å². The van der Waals surface area contributed by atoms with Gasteiger partial charge in [0, 0.05) is 38.2 Å². The second-order valence-corrected chi connectivity index (χ2v) is 6.29. The first kappa shape index (κ1) is 16.0. The summed E-state index contributed by atoms with van der Waals surface area (Å²) in [7, 11) is 3.42. The zero-order valence-corrected chi connectivity index (χ0v) is 14.1. The van der Waals surface area contributed by atoms with E-state index in [-0.39, 0.29) is 11.8 Å². The van der Waals surface area contributed by atoms with E-state index in [0.717, 1.165) is 10.0 Å². The monoisotopic (exact) mass is 353 g/mol. The van der Waals surface area contributed by atoms with Crippen molar-refractivity contribution < 1.29 is 9.59 Å². The SMILES string of the molecule is Cc1ccc(C(=O)N2CCNCC2C(=O)N(C)C)c(Br)c1. The molecule has 114 valence electrons. The van der Waals surface area contributed by atoms with Crippen LogP contribution >= 0.6 is 15.9 Å². The molecule has 0 saturated carbocycles. The molecule has 0 aromatic heterocycles. The molecule has 0 aliphatic carbocycles. The Morgan fingerprint density at radius 2 is 2.10 bits per heavy atom. The van der Waals surface area contributed by atoms with Gasteiger partial charge in [-0.3, -0.25) is 9.59 Å². The van der Waals surface area contributed by atoms with Crippen LogP contribution in [0.2, 0.25) is 0 Å². The number of halogens is 1. The van der Waals surface area contributed by atoms with Gasteiger partial charge in [-0.1, -0.05) is 6.07 Å². The lowest BCUT2D eigenvalue weighted by atomic mass is 10.1. The number of nitrogens with one attached hydrogen (secondary N) is 1. The Balaban J connectivity index is 2.28. The van der Waals surface area contributed by atoms with E-state index in [9.17, 15) is 9.59 Å². The Morgan fingerprint density at radius 1 is 1.38 bits per heavy atom. The number of likely N-dealkylation sites (N-methyl/N-ethyl adjacent to an activating group) is 1. The number of aryl methyl sites for hydroxylation is 1. The van der Waals surface area contributed by atoms with Crippen LogP contribution in [0, 0.1) is 6.92 Å². The van der Waals surface area contributed by atoms with Gasteiger partial charge < -0.3 is 15.1 Å². The van der Waals surface area contributed by atoms with Gasteiger partial charge in [0.25, 0.3) is 5.91 Å². The van der Waals surface area contributed by atoms with Crippen molar-refractivity contribution in [2.45, 2.75) is 13.0 Å². The summed E-state index contributed by atoms with van der Waals surface area (Å²) in [6, 6.07) is 5.18. The van der Waals surface area contributed by atoms with E-state index in [1.165, 1.54) is 4.90 Å². The van der Waals surface area contributed by atoms with Crippen molar-refractivity contribution in [1.82, 2.24) is 15.1 Å². The fraction of sp³-hybridized carbons (Fsp3) is 0.467. The maximum atomic E-state index is 12.8. The van der Waals surface area contributed by atoms with Crippen molar-refractivity contribution in [3.05, 3.63) is 33.8 Å². The standard InChI is InChI=1S/C15H20BrN3O2/c1-10-4-5-11(12(16)8-10)14(20)19-7-6-17-9-13(19)15(21)18(2)3/h4-5,8,13,17H,6-7,9H2,1-3H3. The zero-order chi connectivity index (χ0) is 15.6. The topological polar surface area (TPSA) is 52.7 Å². The van der Waals surface area contributed by atoms with Crippen molar-refractivity contribution in [3.8, 4) is 0 Å². The normalized spacial score (nSPS) is 18.5. The lowest BCUT2D eigenvalue weighted by Crippen LogP contribution is -2.59. The highest BCUT2D eigenvalue weighted by Gasteiger charge is 2.33. The molecule has 1 fully saturated rings. The maximum absolute atomic E-state index is 12.8. The Bertz CT molecular complexity index is 560. The minimum absolute atomic E-state index is 0.0567. The van der Waals surface area contributed by atoms with Crippen molar-refractivity contribution in [2.75, 3.05) is 33.7 Å². The van der Waals surface area contributed by atoms with Gasteiger partial charge in [-0.05, 0) is 40.5 Å². The van der Waals surface area contributed by atoms with Gasteiger partial charge >= 0.3 is 0 Å². The van der Waals surface area contributed by atoms with E-state index >= 15 is 0 Å². The van der Waals surface area contributed by atoms with Gasteiger partial charge in [0.2, 0.25) is 5.91 Å². The van der Waals surface area contributed by atoms with E-state index in [1.807, 2.05) is 19.1 Å². The molecule has 5 nitrogen and oxygen atoms in total. The van der Waals surface area contributed by atoms with Crippen LogP contribution in [-0.4, -0.2) is 61.4 Å². The Labute approximate surface area is 133 Å². The fourth-order valence-corrected chi connectivity index (χ4v) is 3.08. The molecule has 1 aliphatic rings. The average Bonchev–Trinajstić information content (AvgIpc) is 2.45. The molecule has 1 aromatic carbocycles. The molecule has 1 saturated heterocycles.